The molecule has 0 bridgehead atoms. The molecule has 20 heavy (non-hydrogen) atoms. The Bertz CT molecular complexity index is 465. The monoisotopic (exact) mass is 296 g/mol. The maximum atomic E-state index is 11.6. The molecule has 1 aromatic rings. The zero-order valence-electron chi connectivity index (χ0n) is 11.7. The third kappa shape index (κ3) is 4.30. The van der Waals surface area contributed by atoms with Gasteiger partial charge in [-0.1, -0.05) is 18.5 Å². The molecule has 2 N–H and O–H groups in total. The van der Waals surface area contributed by atoms with Crippen molar-refractivity contribution in [2.24, 2.45) is 0 Å². The number of anilines is 1. The van der Waals surface area contributed by atoms with Gasteiger partial charge in [-0.05, 0) is 37.5 Å². The normalized spacial score (nSPS) is 19.1. The summed E-state index contributed by atoms with van der Waals surface area (Å²) in [4.78, 5) is 11.6. The van der Waals surface area contributed by atoms with E-state index in [1.54, 1.807) is 0 Å². The highest BCUT2D eigenvalue weighted by Crippen LogP contribution is 2.30. The van der Waals surface area contributed by atoms with Gasteiger partial charge in [0.15, 0.2) is 0 Å². The van der Waals surface area contributed by atoms with Crippen LogP contribution in [0.3, 0.4) is 0 Å². The summed E-state index contributed by atoms with van der Waals surface area (Å²) in [6, 6.07) is 5.67. The van der Waals surface area contributed by atoms with Crippen LogP contribution >= 0.6 is 11.6 Å². The summed E-state index contributed by atoms with van der Waals surface area (Å²) in [5, 5.41) is 6.95. The molecular weight excluding hydrogens is 276 g/mol. The molecule has 1 heterocycles. The minimum atomic E-state index is 0.0954. The summed E-state index contributed by atoms with van der Waals surface area (Å²) in [5.41, 5.74) is 0.866. The molecule has 110 valence electrons. The van der Waals surface area contributed by atoms with E-state index in [0.29, 0.717) is 18.1 Å². The van der Waals surface area contributed by atoms with Crippen molar-refractivity contribution in [3.05, 3.63) is 23.2 Å². The van der Waals surface area contributed by atoms with Crippen LogP contribution in [0.2, 0.25) is 5.02 Å². The predicted molar refractivity (Wildman–Crippen MR) is 81.5 cm³/mol. The second kappa shape index (κ2) is 7.39. The number of carbonyl (C=O) groups is 1. The maximum absolute atomic E-state index is 11.6. The number of hydrogen-bond donors (Lipinski definition) is 2. The highest BCUT2D eigenvalue weighted by Gasteiger charge is 2.18. The zero-order chi connectivity index (χ0) is 14.4. The van der Waals surface area contributed by atoms with Crippen LogP contribution < -0.4 is 15.4 Å². The highest BCUT2D eigenvalue weighted by molar-refractivity contribution is 6.30. The second-order valence-corrected chi connectivity index (χ2v) is 5.46. The van der Waals surface area contributed by atoms with Crippen LogP contribution in [0.25, 0.3) is 0 Å². The largest absolute Gasteiger partial charge is 0.491 e. The van der Waals surface area contributed by atoms with E-state index < -0.39 is 0 Å². The van der Waals surface area contributed by atoms with Crippen LogP contribution in [0.4, 0.5) is 5.69 Å². The molecule has 1 unspecified atom stereocenters. The lowest BCUT2D eigenvalue weighted by atomic mass is 10.1. The van der Waals surface area contributed by atoms with Gasteiger partial charge in [0.25, 0.3) is 0 Å². The van der Waals surface area contributed by atoms with Crippen LogP contribution in [0.5, 0.6) is 5.75 Å². The van der Waals surface area contributed by atoms with Gasteiger partial charge in [-0.15, -0.1) is 0 Å². The molecule has 1 aliphatic rings. The standard InChI is InChI=1S/C15H21ClN2O2/c1-2-8-20-14-6-5-11(16)9-13(14)18-12-4-3-7-17-15(19)10-12/h5-6,9,12,18H,2-4,7-8,10H2,1H3,(H,17,19). The third-order valence-corrected chi connectivity index (χ3v) is 3.48. The van der Waals surface area contributed by atoms with Crippen LogP contribution in [0.1, 0.15) is 32.6 Å². The summed E-state index contributed by atoms with van der Waals surface area (Å²) in [7, 11) is 0. The second-order valence-electron chi connectivity index (χ2n) is 5.03. The summed E-state index contributed by atoms with van der Waals surface area (Å²) >= 11 is 6.05. The van der Waals surface area contributed by atoms with Gasteiger partial charge < -0.3 is 15.4 Å². The molecule has 1 aliphatic heterocycles. The molecule has 0 saturated carbocycles. The van der Waals surface area contributed by atoms with Crippen molar-refractivity contribution in [2.45, 2.75) is 38.6 Å². The van der Waals surface area contributed by atoms with E-state index in [1.165, 1.54) is 0 Å². The first-order chi connectivity index (χ1) is 9.69. The smallest absolute Gasteiger partial charge is 0.222 e. The van der Waals surface area contributed by atoms with E-state index in [4.69, 9.17) is 16.3 Å². The Hall–Kier alpha value is -1.42. The Balaban J connectivity index is 2.09. The average Bonchev–Trinajstić information content (AvgIpc) is 2.62. The number of rotatable bonds is 5. The predicted octanol–water partition coefficient (Wildman–Crippen LogP) is 3.21. The fraction of sp³-hybridized carbons (Fsp3) is 0.533. The number of hydrogen-bond acceptors (Lipinski definition) is 3. The van der Waals surface area contributed by atoms with Crippen molar-refractivity contribution in [2.75, 3.05) is 18.5 Å². The fourth-order valence-corrected chi connectivity index (χ4v) is 2.44. The van der Waals surface area contributed by atoms with Crippen molar-refractivity contribution < 1.29 is 9.53 Å². The van der Waals surface area contributed by atoms with Crippen LogP contribution in [-0.2, 0) is 4.79 Å². The van der Waals surface area contributed by atoms with Crippen molar-refractivity contribution >= 4 is 23.2 Å². The fourth-order valence-electron chi connectivity index (χ4n) is 2.27. The Kier molecular flexibility index (Phi) is 5.53. The summed E-state index contributed by atoms with van der Waals surface area (Å²) in [6.07, 6.45) is 3.38. The van der Waals surface area contributed by atoms with Crippen LogP contribution in [0.15, 0.2) is 18.2 Å². The Morgan fingerprint density at radius 2 is 2.35 bits per heavy atom. The number of carbonyl (C=O) groups excluding carboxylic acids is 1. The van der Waals surface area contributed by atoms with E-state index in [9.17, 15) is 4.79 Å². The van der Waals surface area contributed by atoms with Gasteiger partial charge in [-0.25, -0.2) is 0 Å². The number of ether oxygens (including phenoxy) is 1. The molecule has 1 amide bonds. The molecule has 0 aromatic heterocycles. The van der Waals surface area contributed by atoms with Crippen molar-refractivity contribution in [3.8, 4) is 5.75 Å². The first-order valence-electron chi connectivity index (χ1n) is 7.14. The van der Waals surface area contributed by atoms with Gasteiger partial charge >= 0.3 is 0 Å². The summed E-state index contributed by atoms with van der Waals surface area (Å²) in [6.45, 7) is 3.49. The van der Waals surface area contributed by atoms with Crippen molar-refractivity contribution in [1.29, 1.82) is 0 Å². The zero-order valence-corrected chi connectivity index (χ0v) is 12.5. The first-order valence-corrected chi connectivity index (χ1v) is 7.52. The van der Waals surface area contributed by atoms with E-state index in [1.807, 2.05) is 18.2 Å². The molecule has 1 fully saturated rings. The Morgan fingerprint density at radius 1 is 1.50 bits per heavy atom. The van der Waals surface area contributed by atoms with Gasteiger partial charge in [0, 0.05) is 24.0 Å². The summed E-state index contributed by atoms with van der Waals surface area (Å²) in [5.74, 6) is 0.888. The molecule has 0 spiro atoms. The molecule has 5 heteroatoms. The van der Waals surface area contributed by atoms with Crippen LogP contribution in [-0.4, -0.2) is 25.1 Å². The molecule has 1 saturated heterocycles. The van der Waals surface area contributed by atoms with Crippen LogP contribution in [0, 0.1) is 0 Å². The lowest BCUT2D eigenvalue weighted by Gasteiger charge is -2.19. The summed E-state index contributed by atoms with van der Waals surface area (Å²) < 4.78 is 5.72. The molecular formula is C15H21ClN2O2. The maximum Gasteiger partial charge on any atom is 0.222 e. The molecule has 1 atom stereocenters. The van der Waals surface area contributed by atoms with Gasteiger partial charge in [0.2, 0.25) is 5.91 Å². The quantitative estimate of drug-likeness (QED) is 0.877. The first kappa shape index (κ1) is 15.0. The van der Waals surface area contributed by atoms with Gasteiger partial charge in [0.05, 0.1) is 12.3 Å². The Morgan fingerprint density at radius 3 is 3.15 bits per heavy atom. The lowest BCUT2D eigenvalue weighted by Crippen LogP contribution is -2.27. The number of nitrogens with one attached hydrogen (secondary N) is 2. The molecule has 2 rings (SSSR count). The Labute approximate surface area is 124 Å². The molecule has 4 nitrogen and oxygen atoms in total. The molecule has 1 aromatic carbocycles. The number of amides is 1. The minimum absolute atomic E-state index is 0.0954. The highest BCUT2D eigenvalue weighted by atomic mass is 35.5. The van der Waals surface area contributed by atoms with E-state index >= 15 is 0 Å². The number of halogens is 1. The van der Waals surface area contributed by atoms with Crippen molar-refractivity contribution in [3.63, 3.8) is 0 Å². The molecule has 0 aliphatic carbocycles. The number of benzene rings is 1. The lowest BCUT2D eigenvalue weighted by molar-refractivity contribution is -0.120. The van der Waals surface area contributed by atoms with Gasteiger partial charge in [0.1, 0.15) is 5.75 Å². The minimum Gasteiger partial charge on any atom is -0.491 e. The van der Waals surface area contributed by atoms with E-state index in [2.05, 4.69) is 17.6 Å². The van der Waals surface area contributed by atoms with E-state index in [0.717, 1.165) is 37.2 Å². The average molecular weight is 297 g/mol. The SMILES string of the molecule is CCCOc1ccc(Cl)cc1NC1CCCNC(=O)C1. The third-order valence-electron chi connectivity index (χ3n) is 3.25. The van der Waals surface area contributed by atoms with Gasteiger partial charge in [-0.3, -0.25) is 4.79 Å². The van der Waals surface area contributed by atoms with Crippen molar-refractivity contribution in [1.82, 2.24) is 5.32 Å². The topological polar surface area (TPSA) is 50.4 Å². The molecule has 0 radical (unpaired) electrons. The van der Waals surface area contributed by atoms with Gasteiger partial charge in [-0.2, -0.15) is 0 Å². The van der Waals surface area contributed by atoms with E-state index in [-0.39, 0.29) is 11.9 Å².